The smallest absolute Gasteiger partial charge is 0.338 e. The second-order valence-electron chi connectivity index (χ2n) is 5.26. The van der Waals surface area contributed by atoms with Crippen LogP contribution in [0.25, 0.3) is 0 Å². The molecule has 1 aromatic rings. The standard InChI is InChI=1S/C15H16N2O4/c1-15(9-16,11-5-6-11)17-13(19)8-21-14(20)10-3-2-4-12(18)7-10/h2-4,7,11,18H,5-6,8H2,1H3,(H,17,19)/t15-/m1/s1. The van der Waals surface area contributed by atoms with Gasteiger partial charge < -0.3 is 15.2 Å². The van der Waals surface area contributed by atoms with E-state index in [9.17, 15) is 14.7 Å². The number of nitriles is 1. The van der Waals surface area contributed by atoms with Gasteiger partial charge in [0.25, 0.3) is 5.91 Å². The van der Waals surface area contributed by atoms with Gasteiger partial charge in [-0.05, 0) is 43.9 Å². The topological polar surface area (TPSA) is 99.4 Å². The molecule has 1 aliphatic rings. The first-order valence-electron chi connectivity index (χ1n) is 6.63. The van der Waals surface area contributed by atoms with E-state index in [1.807, 2.05) is 0 Å². The number of phenols is 1. The summed E-state index contributed by atoms with van der Waals surface area (Å²) in [4.78, 5) is 23.5. The highest BCUT2D eigenvalue weighted by atomic mass is 16.5. The Balaban J connectivity index is 1.87. The average molecular weight is 288 g/mol. The Morgan fingerprint density at radius 2 is 2.24 bits per heavy atom. The molecule has 110 valence electrons. The first kappa shape index (κ1) is 14.9. The minimum Gasteiger partial charge on any atom is -0.508 e. The Morgan fingerprint density at radius 3 is 2.81 bits per heavy atom. The summed E-state index contributed by atoms with van der Waals surface area (Å²) in [5, 5.41) is 21.0. The monoisotopic (exact) mass is 288 g/mol. The number of nitrogens with zero attached hydrogens (tertiary/aromatic N) is 1. The number of rotatable bonds is 5. The quantitative estimate of drug-likeness (QED) is 0.797. The second kappa shape index (κ2) is 5.83. The van der Waals surface area contributed by atoms with Crippen LogP contribution in [0.1, 0.15) is 30.1 Å². The fourth-order valence-corrected chi connectivity index (χ4v) is 2.06. The summed E-state index contributed by atoms with van der Waals surface area (Å²) in [6.07, 6.45) is 1.82. The van der Waals surface area contributed by atoms with Crippen molar-refractivity contribution in [2.75, 3.05) is 6.61 Å². The summed E-state index contributed by atoms with van der Waals surface area (Å²) < 4.78 is 4.86. The highest BCUT2D eigenvalue weighted by molar-refractivity contribution is 5.91. The van der Waals surface area contributed by atoms with E-state index in [2.05, 4.69) is 11.4 Å². The molecule has 0 saturated heterocycles. The van der Waals surface area contributed by atoms with E-state index in [1.165, 1.54) is 24.3 Å². The minimum absolute atomic E-state index is 0.0558. The summed E-state index contributed by atoms with van der Waals surface area (Å²) in [6, 6.07) is 7.76. The highest BCUT2D eigenvalue weighted by Gasteiger charge is 2.43. The molecule has 2 rings (SSSR count). The van der Waals surface area contributed by atoms with Crippen molar-refractivity contribution in [3.8, 4) is 11.8 Å². The van der Waals surface area contributed by atoms with Gasteiger partial charge in [0.15, 0.2) is 6.61 Å². The molecule has 0 unspecified atom stereocenters. The predicted octanol–water partition coefficient (Wildman–Crippen LogP) is 1.36. The van der Waals surface area contributed by atoms with Crippen LogP contribution in [-0.4, -0.2) is 29.1 Å². The third-order valence-electron chi connectivity index (χ3n) is 3.44. The van der Waals surface area contributed by atoms with Crippen LogP contribution in [0, 0.1) is 17.2 Å². The Labute approximate surface area is 122 Å². The third-order valence-corrected chi connectivity index (χ3v) is 3.44. The molecule has 6 nitrogen and oxygen atoms in total. The molecule has 0 bridgehead atoms. The lowest BCUT2D eigenvalue weighted by molar-refractivity contribution is -0.125. The summed E-state index contributed by atoms with van der Waals surface area (Å²) in [7, 11) is 0. The molecule has 1 atom stereocenters. The molecule has 1 aliphatic carbocycles. The number of nitrogens with one attached hydrogen (secondary N) is 1. The van der Waals surface area contributed by atoms with Crippen LogP contribution in [0.5, 0.6) is 5.75 Å². The Hall–Kier alpha value is -2.55. The normalized spacial score (nSPS) is 16.4. The summed E-state index contributed by atoms with van der Waals surface area (Å²) >= 11 is 0. The zero-order valence-electron chi connectivity index (χ0n) is 11.6. The van der Waals surface area contributed by atoms with Gasteiger partial charge in [-0.25, -0.2) is 4.79 Å². The summed E-state index contributed by atoms with van der Waals surface area (Å²) in [6.45, 7) is 1.21. The SMILES string of the molecule is C[C@](C#N)(NC(=O)COC(=O)c1cccc(O)c1)C1CC1. The van der Waals surface area contributed by atoms with Crippen LogP contribution < -0.4 is 5.32 Å². The van der Waals surface area contributed by atoms with Crippen molar-refractivity contribution in [1.82, 2.24) is 5.32 Å². The fraction of sp³-hybridized carbons (Fsp3) is 0.400. The predicted molar refractivity (Wildman–Crippen MR) is 73.3 cm³/mol. The molecule has 0 radical (unpaired) electrons. The lowest BCUT2D eigenvalue weighted by Crippen LogP contribution is -2.48. The first-order chi connectivity index (χ1) is 9.94. The van der Waals surface area contributed by atoms with Crippen LogP contribution in [-0.2, 0) is 9.53 Å². The van der Waals surface area contributed by atoms with Gasteiger partial charge in [0.05, 0.1) is 11.6 Å². The molecule has 1 aromatic carbocycles. The maximum atomic E-state index is 11.8. The molecule has 1 saturated carbocycles. The maximum absolute atomic E-state index is 11.8. The number of hydrogen-bond donors (Lipinski definition) is 2. The van der Waals surface area contributed by atoms with Crippen LogP contribution in [0.15, 0.2) is 24.3 Å². The number of aromatic hydroxyl groups is 1. The number of carbonyl (C=O) groups is 2. The number of hydrogen-bond acceptors (Lipinski definition) is 5. The van der Waals surface area contributed by atoms with E-state index in [0.717, 1.165) is 12.8 Å². The third kappa shape index (κ3) is 3.72. The van der Waals surface area contributed by atoms with E-state index in [0.29, 0.717) is 0 Å². The van der Waals surface area contributed by atoms with E-state index in [4.69, 9.17) is 10.00 Å². The Bertz CT molecular complexity index is 604. The number of phenolic OH excluding ortho intramolecular Hbond substituents is 1. The van der Waals surface area contributed by atoms with Gasteiger partial charge in [-0.2, -0.15) is 5.26 Å². The summed E-state index contributed by atoms with van der Waals surface area (Å²) in [5.74, 6) is -1.11. The second-order valence-corrected chi connectivity index (χ2v) is 5.26. The molecular weight excluding hydrogens is 272 g/mol. The minimum atomic E-state index is -0.908. The Kier molecular flexibility index (Phi) is 4.13. The van der Waals surface area contributed by atoms with Crippen molar-refractivity contribution < 1.29 is 19.4 Å². The largest absolute Gasteiger partial charge is 0.508 e. The molecule has 2 N–H and O–H groups in total. The van der Waals surface area contributed by atoms with Gasteiger partial charge in [-0.1, -0.05) is 6.07 Å². The van der Waals surface area contributed by atoms with Gasteiger partial charge in [-0.3, -0.25) is 4.79 Å². The number of carbonyl (C=O) groups excluding carboxylic acids is 2. The molecule has 0 spiro atoms. The number of benzene rings is 1. The molecule has 0 heterocycles. The fourth-order valence-electron chi connectivity index (χ4n) is 2.06. The van der Waals surface area contributed by atoms with Gasteiger partial charge in [0.1, 0.15) is 11.3 Å². The van der Waals surface area contributed by atoms with Gasteiger partial charge in [0.2, 0.25) is 0 Å². The molecule has 1 fully saturated rings. The van der Waals surface area contributed by atoms with Crippen LogP contribution in [0.3, 0.4) is 0 Å². The first-order valence-corrected chi connectivity index (χ1v) is 6.63. The van der Waals surface area contributed by atoms with Gasteiger partial charge in [-0.15, -0.1) is 0 Å². The van der Waals surface area contributed by atoms with E-state index in [-0.39, 0.29) is 17.2 Å². The van der Waals surface area contributed by atoms with Crippen molar-refractivity contribution in [3.63, 3.8) is 0 Å². The van der Waals surface area contributed by atoms with Crippen molar-refractivity contribution in [3.05, 3.63) is 29.8 Å². The zero-order chi connectivity index (χ0) is 15.5. The zero-order valence-corrected chi connectivity index (χ0v) is 11.6. The van der Waals surface area contributed by atoms with E-state index < -0.39 is 24.0 Å². The van der Waals surface area contributed by atoms with Gasteiger partial charge >= 0.3 is 5.97 Å². The maximum Gasteiger partial charge on any atom is 0.338 e. The van der Waals surface area contributed by atoms with Gasteiger partial charge in [0, 0.05) is 0 Å². The summed E-state index contributed by atoms with van der Waals surface area (Å²) in [5.41, 5.74) is -0.748. The van der Waals surface area contributed by atoms with E-state index >= 15 is 0 Å². The van der Waals surface area contributed by atoms with Crippen molar-refractivity contribution in [1.29, 1.82) is 5.26 Å². The molecule has 1 amide bonds. The van der Waals surface area contributed by atoms with Crippen LogP contribution in [0.2, 0.25) is 0 Å². The molecule has 6 heteroatoms. The number of esters is 1. The van der Waals surface area contributed by atoms with Crippen LogP contribution >= 0.6 is 0 Å². The average Bonchev–Trinajstić information content (AvgIpc) is 3.29. The Morgan fingerprint density at radius 1 is 1.52 bits per heavy atom. The number of amides is 1. The molecular formula is C15H16N2O4. The lowest BCUT2D eigenvalue weighted by atomic mass is 9.98. The van der Waals surface area contributed by atoms with Crippen molar-refractivity contribution in [2.24, 2.45) is 5.92 Å². The lowest BCUT2D eigenvalue weighted by Gasteiger charge is -2.22. The highest BCUT2D eigenvalue weighted by Crippen LogP contribution is 2.39. The van der Waals surface area contributed by atoms with Crippen LogP contribution in [0.4, 0.5) is 0 Å². The molecule has 0 aromatic heterocycles. The van der Waals surface area contributed by atoms with E-state index in [1.54, 1.807) is 6.92 Å². The number of ether oxygens (including phenoxy) is 1. The van der Waals surface area contributed by atoms with Crippen molar-refractivity contribution in [2.45, 2.75) is 25.3 Å². The molecule has 21 heavy (non-hydrogen) atoms. The molecule has 0 aliphatic heterocycles. The van der Waals surface area contributed by atoms with Crippen molar-refractivity contribution >= 4 is 11.9 Å².